The first kappa shape index (κ1) is 19.4. The van der Waals surface area contributed by atoms with Crippen molar-refractivity contribution >= 4 is 18.0 Å². The predicted octanol–water partition coefficient (Wildman–Crippen LogP) is 2.01. The number of rotatable bonds is 6. The summed E-state index contributed by atoms with van der Waals surface area (Å²) in [5.74, 6) is -2.03. The number of nitrogens with zero attached hydrogens (tertiary/aromatic N) is 1. The molecule has 0 radical (unpaired) electrons. The summed E-state index contributed by atoms with van der Waals surface area (Å²) in [4.78, 5) is 26.6. The van der Waals surface area contributed by atoms with E-state index in [2.05, 4.69) is 4.90 Å². The molecule has 2 heterocycles. The molecule has 2 fully saturated rings. The van der Waals surface area contributed by atoms with Gasteiger partial charge in [-0.25, -0.2) is 9.59 Å². The molecule has 0 N–H and O–H groups in total. The van der Waals surface area contributed by atoms with Crippen molar-refractivity contribution < 1.29 is 28.5 Å². The van der Waals surface area contributed by atoms with Crippen molar-refractivity contribution in [3.8, 4) is 5.75 Å². The predicted molar refractivity (Wildman–Crippen MR) is 98.1 cm³/mol. The maximum Gasteiger partial charge on any atom is 0.348 e. The van der Waals surface area contributed by atoms with Gasteiger partial charge in [0.2, 0.25) is 0 Å². The van der Waals surface area contributed by atoms with Gasteiger partial charge < -0.3 is 18.9 Å². The van der Waals surface area contributed by atoms with E-state index in [1.165, 1.54) is 19.9 Å². The van der Waals surface area contributed by atoms with Gasteiger partial charge in [0.05, 0.1) is 19.8 Å². The molecular weight excluding hydrogens is 350 g/mol. The fourth-order valence-electron chi connectivity index (χ4n) is 2.96. The fourth-order valence-corrected chi connectivity index (χ4v) is 2.96. The van der Waals surface area contributed by atoms with E-state index < -0.39 is 17.7 Å². The Morgan fingerprint density at radius 2 is 1.78 bits per heavy atom. The Kier molecular flexibility index (Phi) is 6.13. The van der Waals surface area contributed by atoms with Gasteiger partial charge in [-0.05, 0) is 18.6 Å². The first-order valence-electron chi connectivity index (χ1n) is 9.15. The molecule has 0 spiro atoms. The highest BCUT2D eigenvalue weighted by Crippen LogP contribution is 2.27. The largest absolute Gasteiger partial charge is 0.493 e. The Labute approximate surface area is 158 Å². The average Bonchev–Trinajstić information content (AvgIpc) is 2.63. The van der Waals surface area contributed by atoms with Gasteiger partial charge in [0.1, 0.15) is 11.3 Å². The highest BCUT2D eigenvalue weighted by Gasteiger charge is 2.38. The molecule has 0 atom stereocenters. The fraction of sp³-hybridized carbons (Fsp3) is 0.500. The van der Waals surface area contributed by atoms with Gasteiger partial charge in [-0.2, -0.15) is 0 Å². The van der Waals surface area contributed by atoms with Crippen LogP contribution in [-0.2, 0) is 23.8 Å². The minimum Gasteiger partial charge on any atom is -0.493 e. The number of hydrogen-bond acceptors (Lipinski definition) is 7. The lowest BCUT2D eigenvalue weighted by Gasteiger charge is -2.29. The zero-order valence-corrected chi connectivity index (χ0v) is 15.7. The van der Waals surface area contributed by atoms with Crippen LogP contribution in [-0.4, -0.2) is 62.1 Å². The van der Waals surface area contributed by atoms with Gasteiger partial charge in [-0.1, -0.05) is 18.2 Å². The molecular formula is C20H25NO6. The van der Waals surface area contributed by atoms with Gasteiger partial charge in [-0.15, -0.1) is 0 Å². The van der Waals surface area contributed by atoms with Crippen LogP contribution in [0.3, 0.4) is 0 Å². The molecule has 7 nitrogen and oxygen atoms in total. The number of benzene rings is 1. The third kappa shape index (κ3) is 5.30. The topological polar surface area (TPSA) is 74.3 Å². The Bertz CT molecular complexity index is 699. The molecule has 1 aromatic rings. The quantitative estimate of drug-likeness (QED) is 0.326. The van der Waals surface area contributed by atoms with Crippen LogP contribution >= 0.6 is 0 Å². The normalized spacial score (nSPS) is 20.0. The zero-order valence-electron chi connectivity index (χ0n) is 15.7. The number of esters is 2. The SMILES string of the molecule is CC1(C)OC(=O)C(=Cc2ccccc2OCCCN2CCOCC2)C(=O)O1. The van der Waals surface area contributed by atoms with Crippen molar-refractivity contribution in [3.05, 3.63) is 35.4 Å². The summed E-state index contributed by atoms with van der Waals surface area (Å²) >= 11 is 0. The number of hydrogen-bond donors (Lipinski definition) is 0. The second-order valence-corrected chi connectivity index (χ2v) is 6.93. The lowest BCUT2D eigenvalue weighted by Crippen LogP contribution is -2.41. The molecule has 3 rings (SSSR count). The second-order valence-electron chi connectivity index (χ2n) is 6.93. The summed E-state index contributed by atoms with van der Waals surface area (Å²) < 4.78 is 21.5. The second kappa shape index (κ2) is 8.54. The number of carbonyl (C=O) groups is 2. The minimum absolute atomic E-state index is 0.140. The van der Waals surface area contributed by atoms with Gasteiger partial charge in [-0.3, -0.25) is 4.90 Å². The Hall–Kier alpha value is -2.38. The summed E-state index contributed by atoms with van der Waals surface area (Å²) in [6.45, 7) is 7.98. The highest BCUT2D eigenvalue weighted by atomic mass is 16.7. The molecule has 2 aliphatic heterocycles. The molecule has 2 saturated heterocycles. The maximum atomic E-state index is 12.1. The Morgan fingerprint density at radius 3 is 2.48 bits per heavy atom. The van der Waals surface area contributed by atoms with E-state index in [1.54, 1.807) is 6.07 Å². The van der Waals surface area contributed by atoms with Gasteiger partial charge in [0, 0.05) is 39.0 Å². The zero-order chi connectivity index (χ0) is 19.3. The minimum atomic E-state index is -1.25. The molecule has 0 aromatic heterocycles. The Balaban J connectivity index is 1.62. The smallest absolute Gasteiger partial charge is 0.348 e. The van der Waals surface area contributed by atoms with Crippen LogP contribution in [0.5, 0.6) is 5.75 Å². The summed E-state index contributed by atoms with van der Waals surface area (Å²) in [5, 5.41) is 0. The first-order chi connectivity index (χ1) is 12.9. The Morgan fingerprint density at radius 1 is 1.11 bits per heavy atom. The number of cyclic esters (lactones) is 2. The van der Waals surface area contributed by atoms with E-state index in [0.29, 0.717) is 17.9 Å². The van der Waals surface area contributed by atoms with Crippen LogP contribution in [0.2, 0.25) is 0 Å². The van der Waals surface area contributed by atoms with E-state index in [4.69, 9.17) is 18.9 Å². The van der Waals surface area contributed by atoms with Crippen LogP contribution in [0.25, 0.3) is 6.08 Å². The van der Waals surface area contributed by atoms with Crippen LogP contribution < -0.4 is 4.74 Å². The molecule has 7 heteroatoms. The van der Waals surface area contributed by atoms with Crippen molar-refractivity contribution in [1.29, 1.82) is 0 Å². The third-order valence-electron chi connectivity index (χ3n) is 4.32. The molecule has 27 heavy (non-hydrogen) atoms. The van der Waals surface area contributed by atoms with E-state index in [-0.39, 0.29) is 5.57 Å². The number of ether oxygens (including phenoxy) is 4. The van der Waals surface area contributed by atoms with Crippen molar-refractivity contribution in [1.82, 2.24) is 4.90 Å². The van der Waals surface area contributed by atoms with Crippen LogP contribution in [0.4, 0.5) is 0 Å². The van der Waals surface area contributed by atoms with Gasteiger partial charge in [0.25, 0.3) is 5.79 Å². The lowest BCUT2D eigenvalue weighted by molar-refractivity contribution is -0.222. The number of para-hydroxylation sites is 1. The first-order valence-corrected chi connectivity index (χ1v) is 9.15. The highest BCUT2D eigenvalue weighted by molar-refractivity contribution is 6.19. The van der Waals surface area contributed by atoms with Gasteiger partial charge in [0.15, 0.2) is 0 Å². The number of morpholine rings is 1. The molecule has 0 aliphatic carbocycles. The lowest BCUT2D eigenvalue weighted by atomic mass is 10.1. The number of carbonyl (C=O) groups excluding carboxylic acids is 2. The molecule has 2 aliphatic rings. The molecule has 0 saturated carbocycles. The molecule has 1 aromatic carbocycles. The third-order valence-corrected chi connectivity index (χ3v) is 4.32. The van der Waals surface area contributed by atoms with E-state index >= 15 is 0 Å². The van der Waals surface area contributed by atoms with Gasteiger partial charge >= 0.3 is 11.9 Å². The van der Waals surface area contributed by atoms with E-state index in [1.807, 2.05) is 18.2 Å². The summed E-state index contributed by atoms with van der Waals surface area (Å²) in [6, 6.07) is 7.26. The van der Waals surface area contributed by atoms with Crippen LogP contribution in [0.1, 0.15) is 25.8 Å². The average molecular weight is 375 g/mol. The van der Waals surface area contributed by atoms with Crippen LogP contribution in [0, 0.1) is 0 Å². The summed E-state index contributed by atoms with van der Waals surface area (Å²) in [5.41, 5.74) is 0.492. The van der Waals surface area contributed by atoms with Crippen molar-refractivity contribution in [2.75, 3.05) is 39.5 Å². The van der Waals surface area contributed by atoms with Crippen molar-refractivity contribution in [2.45, 2.75) is 26.1 Å². The van der Waals surface area contributed by atoms with Crippen molar-refractivity contribution in [2.24, 2.45) is 0 Å². The molecule has 146 valence electrons. The molecule has 0 amide bonds. The summed E-state index contributed by atoms with van der Waals surface area (Å²) in [6.07, 6.45) is 2.33. The summed E-state index contributed by atoms with van der Waals surface area (Å²) in [7, 11) is 0. The monoisotopic (exact) mass is 375 g/mol. The van der Waals surface area contributed by atoms with E-state index in [9.17, 15) is 9.59 Å². The van der Waals surface area contributed by atoms with E-state index in [0.717, 1.165) is 39.3 Å². The van der Waals surface area contributed by atoms with Crippen LogP contribution in [0.15, 0.2) is 29.8 Å². The van der Waals surface area contributed by atoms with Crippen molar-refractivity contribution in [3.63, 3.8) is 0 Å². The molecule has 0 unspecified atom stereocenters. The standard InChI is InChI=1S/C20H25NO6/c1-20(2)26-18(22)16(19(23)27-20)14-15-6-3-4-7-17(15)25-11-5-8-21-9-12-24-13-10-21/h3-4,6-7,14H,5,8-13H2,1-2H3. The molecule has 0 bridgehead atoms. The maximum absolute atomic E-state index is 12.1.